The molecule has 1 aliphatic carbocycles. The number of rotatable bonds is 2. The Bertz CT molecular complexity index is 578. The summed E-state index contributed by atoms with van der Waals surface area (Å²) < 4.78 is 13.1. The molecule has 1 fully saturated rings. The van der Waals surface area contributed by atoms with Gasteiger partial charge in [0.25, 0.3) is 0 Å². The molecule has 0 saturated heterocycles. The Balaban J connectivity index is 2.10. The molecule has 0 bridgehead atoms. The maximum absolute atomic E-state index is 13.1. The molecule has 1 heterocycles. The number of anilines is 1. The van der Waals surface area contributed by atoms with E-state index < -0.39 is 5.82 Å². The molecule has 17 heavy (non-hydrogen) atoms. The van der Waals surface area contributed by atoms with Crippen molar-refractivity contribution in [3.63, 3.8) is 0 Å². The number of halogens is 2. The third kappa shape index (κ3) is 2.03. The molecule has 1 aromatic heterocycles. The van der Waals surface area contributed by atoms with Crippen LogP contribution in [0.2, 0.25) is 5.02 Å². The molecule has 1 saturated carbocycles. The topological polar surface area (TPSA) is 38.9 Å². The number of benzene rings is 1. The number of nitrogens with zero attached hydrogens (tertiary/aromatic N) is 1. The fraction of sp³-hybridized carbons (Fsp3) is 0.250. The largest absolute Gasteiger partial charge is 0.375 e. The highest BCUT2D eigenvalue weighted by Gasteiger charge is 2.29. The lowest BCUT2D eigenvalue weighted by atomic mass is 10.1. The predicted octanol–water partition coefficient (Wildman–Crippen LogP) is 4.06. The fourth-order valence-corrected chi connectivity index (χ4v) is 3.03. The zero-order valence-electron chi connectivity index (χ0n) is 8.91. The molecule has 3 rings (SSSR count). The monoisotopic (exact) mass is 268 g/mol. The standard InChI is InChI=1S/C12H10ClFN2S/c13-8-5-7(3-4-9(8)14)10-11(6-1-2-6)17-12(15)16-10/h3-6H,1-2H2,(H2,15,16). The van der Waals surface area contributed by atoms with Crippen LogP contribution >= 0.6 is 22.9 Å². The number of thiazole rings is 1. The summed E-state index contributed by atoms with van der Waals surface area (Å²) in [7, 11) is 0. The SMILES string of the molecule is Nc1nc(-c2ccc(F)c(Cl)c2)c(C2CC2)s1. The molecule has 2 nitrogen and oxygen atoms in total. The molecule has 2 aromatic rings. The van der Waals surface area contributed by atoms with E-state index in [1.165, 1.54) is 35.1 Å². The predicted molar refractivity (Wildman–Crippen MR) is 68.9 cm³/mol. The molecule has 2 N–H and O–H groups in total. The van der Waals surface area contributed by atoms with Crippen LogP contribution in [0.3, 0.4) is 0 Å². The molecular formula is C12H10ClFN2S. The van der Waals surface area contributed by atoms with Gasteiger partial charge < -0.3 is 5.73 Å². The van der Waals surface area contributed by atoms with E-state index in [1.54, 1.807) is 12.1 Å². The van der Waals surface area contributed by atoms with E-state index in [-0.39, 0.29) is 5.02 Å². The first-order valence-electron chi connectivity index (χ1n) is 5.37. The second kappa shape index (κ2) is 3.96. The van der Waals surface area contributed by atoms with Crippen molar-refractivity contribution >= 4 is 28.1 Å². The van der Waals surface area contributed by atoms with Gasteiger partial charge in [-0.05, 0) is 37.0 Å². The number of hydrogen-bond acceptors (Lipinski definition) is 3. The van der Waals surface area contributed by atoms with Crippen LogP contribution in [0, 0.1) is 5.82 Å². The van der Waals surface area contributed by atoms with E-state index in [4.69, 9.17) is 17.3 Å². The van der Waals surface area contributed by atoms with Crippen molar-refractivity contribution in [2.24, 2.45) is 0 Å². The molecule has 0 aliphatic heterocycles. The summed E-state index contributed by atoms with van der Waals surface area (Å²) in [6.45, 7) is 0. The lowest BCUT2D eigenvalue weighted by Crippen LogP contribution is -1.86. The van der Waals surface area contributed by atoms with Crippen LogP contribution < -0.4 is 5.73 Å². The highest BCUT2D eigenvalue weighted by atomic mass is 35.5. The second-order valence-corrected chi connectivity index (χ2v) is 5.64. The summed E-state index contributed by atoms with van der Waals surface area (Å²) in [5.41, 5.74) is 7.45. The third-order valence-electron chi connectivity index (χ3n) is 2.81. The summed E-state index contributed by atoms with van der Waals surface area (Å²) >= 11 is 7.31. The van der Waals surface area contributed by atoms with E-state index >= 15 is 0 Å². The Morgan fingerprint density at radius 1 is 1.41 bits per heavy atom. The first-order valence-corrected chi connectivity index (χ1v) is 6.56. The van der Waals surface area contributed by atoms with Gasteiger partial charge in [-0.1, -0.05) is 11.6 Å². The van der Waals surface area contributed by atoms with Crippen molar-refractivity contribution < 1.29 is 4.39 Å². The minimum absolute atomic E-state index is 0.121. The first kappa shape index (κ1) is 11.0. The zero-order valence-corrected chi connectivity index (χ0v) is 10.5. The highest BCUT2D eigenvalue weighted by molar-refractivity contribution is 7.16. The Labute approximate surface area is 107 Å². The number of nitrogens with two attached hydrogens (primary N) is 1. The Hall–Kier alpha value is -1.13. The molecule has 0 radical (unpaired) electrons. The molecule has 5 heteroatoms. The van der Waals surface area contributed by atoms with E-state index in [0.717, 1.165) is 11.3 Å². The van der Waals surface area contributed by atoms with Crippen LogP contribution in [0.5, 0.6) is 0 Å². The summed E-state index contributed by atoms with van der Waals surface area (Å²) in [5.74, 6) is 0.162. The minimum Gasteiger partial charge on any atom is -0.375 e. The van der Waals surface area contributed by atoms with Gasteiger partial charge in [0, 0.05) is 10.4 Å². The van der Waals surface area contributed by atoms with Crippen molar-refractivity contribution in [2.75, 3.05) is 5.73 Å². The summed E-state index contributed by atoms with van der Waals surface area (Å²) in [6.07, 6.45) is 2.37. The minimum atomic E-state index is -0.411. The van der Waals surface area contributed by atoms with Gasteiger partial charge in [-0.2, -0.15) is 0 Å². The second-order valence-electron chi connectivity index (χ2n) is 4.17. The van der Waals surface area contributed by atoms with Crippen molar-refractivity contribution in [2.45, 2.75) is 18.8 Å². The van der Waals surface area contributed by atoms with Gasteiger partial charge in [-0.15, -0.1) is 11.3 Å². The van der Waals surface area contributed by atoms with Crippen molar-refractivity contribution in [3.8, 4) is 11.3 Å². The van der Waals surface area contributed by atoms with Gasteiger partial charge in [-0.3, -0.25) is 0 Å². The first-order chi connectivity index (χ1) is 8.15. The van der Waals surface area contributed by atoms with E-state index in [2.05, 4.69) is 4.98 Å². The van der Waals surface area contributed by atoms with Gasteiger partial charge in [0.2, 0.25) is 0 Å². The van der Waals surface area contributed by atoms with Crippen molar-refractivity contribution in [1.29, 1.82) is 0 Å². The number of hydrogen-bond donors (Lipinski definition) is 1. The quantitative estimate of drug-likeness (QED) is 0.892. The van der Waals surface area contributed by atoms with Gasteiger partial charge in [0.1, 0.15) is 5.82 Å². The van der Waals surface area contributed by atoms with Crippen LogP contribution in [0.4, 0.5) is 9.52 Å². The Morgan fingerprint density at radius 2 is 2.18 bits per heavy atom. The maximum Gasteiger partial charge on any atom is 0.180 e. The Kier molecular flexibility index (Phi) is 2.56. The van der Waals surface area contributed by atoms with Gasteiger partial charge in [0.15, 0.2) is 5.13 Å². The lowest BCUT2D eigenvalue weighted by Gasteiger charge is -2.02. The molecule has 0 atom stereocenters. The van der Waals surface area contributed by atoms with Crippen LogP contribution in [0.15, 0.2) is 18.2 Å². The van der Waals surface area contributed by atoms with Gasteiger partial charge in [0.05, 0.1) is 10.7 Å². The fourth-order valence-electron chi connectivity index (χ4n) is 1.82. The lowest BCUT2D eigenvalue weighted by molar-refractivity contribution is 0.628. The highest BCUT2D eigenvalue weighted by Crippen LogP contribution is 2.47. The summed E-state index contributed by atoms with van der Waals surface area (Å²) in [5, 5.41) is 0.679. The van der Waals surface area contributed by atoms with Crippen LogP contribution in [-0.4, -0.2) is 4.98 Å². The number of aromatic nitrogens is 1. The van der Waals surface area contributed by atoms with Crippen LogP contribution in [0.1, 0.15) is 23.6 Å². The Morgan fingerprint density at radius 3 is 2.82 bits per heavy atom. The number of nitrogen functional groups attached to an aromatic ring is 1. The van der Waals surface area contributed by atoms with E-state index in [9.17, 15) is 4.39 Å². The van der Waals surface area contributed by atoms with E-state index in [1.807, 2.05) is 0 Å². The zero-order chi connectivity index (χ0) is 12.0. The third-order valence-corrected chi connectivity index (χ3v) is 4.15. The maximum atomic E-state index is 13.1. The molecule has 0 unspecified atom stereocenters. The van der Waals surface area contributed by atoms with Crippen LogP contribution in [0.25, 0.3) is 11.3 Å². The van der Waals surface area contributed by atoms with Crippen LogP contribution in [-0.2, 0) is 0 Å². The molecule has 1 aromatic carbocycles. The normalized spacial score (nSPS) is 15.2. The average Bonchev–Trinajstić information content (AvgIpc) is 3.06. The summed E-state index contributed by atoms with van der Waals surface area (Å²) in [6, 6.07) is 4.67. The molecule has 0 spiro atoms. The molecule has 1 aliphatic rings. The van der Waals surface area contributed by atoms with Crippen molar-refractivity contribution in [3.05, 3.63) is 33.9 Å². The van der Waals surface area contributed by atoms with Gasteiger partial charge >= 0.3 is 0 Å². The molecular weight excluding hydrogens is 259 g/mol. The van der Waals surface area contributed by atoms with Crippen molar-refractivity contribution in [1.82, 2.24) is 4.98 Å². The summed E-state index contributed by atoms with van der Waals surface area (Å²) in [4.78, 5) is 5.53. The van der Waals surface area contributed by atoms with E-state index in [0.29, 0.717) is 11.0 Å². The smallest absolute Gasteiger partial charge is 0.180 e. The molecule has 0 amide bonds. The van der Waals surface area contributed by atoms with Gasteiger partial charge in [-0.25, -0.2) is 9.37 Å². The molecule has 88 valence electrons. The average molecular weight is 269 g/mol.